The Bertz CT molecular complexity index is 845. The lowest BCUT2D eigenvalue weighted by Crippen LogP contribution is -2.37. The van der Waals surface area contributed by atoms with Gasteiger partial charge in [0, 0.05) is 31.4 Å². The largest absolute Gasteiger partial charge is 0.326 e. The lowest BCUT2D eigenvalue weighted by Gasteiger charge is -2.29. The molecule has 27 heavy (non-hydrogen) atoms. The third-order valence-electron chi connectivity index (χ3n) is 4.88. The lowest BCUT2D eigenvalue weighted by molar-refractivity contribution is -0.117. The number of para-hydroxylation sites is 1. The number of carbonyl (C=O) groups excluding carboxylic acids is 2. The van der Waals surface area contributed by atoms with E-state index in [0.29, 0.717) is 19.0 Å². The number of benzene rings is 2. The minimum Gasteiger partial charge on any atom is -0.326 e. The van der Waals surface area contributed by atoms with Crippen molar-refractivity contribution < 1.29 is 9.59 Å². The van der Waals surface area contributed by atoms with Crippen LogP contribution in [0.2, 0.25) is 0 Å². The summed E-state index contributed by atoms with van der Waals surface area (Å²) < 4.78 is 0. The first-order valence-electron chi connectivity index (χ1n) is 9.43. The Morgan fingerprint density at radius 2 is 1.78 bits per heavy atom. The molecule has 0 saturated heterocycles. The monoisotopic (exact) mass is 365 g/mol. The maximum atomic E-state index is 12.6. The van der Waals surface area contributed by atoms with E-state index in [-0.39, 0.29) is 11.8 Å². The van der Waals surface area contributed by atoms with E-state index in [1.165, 1.54) is 18.1 Å². The molecule has 0 bridgehead atoms. The van der Waals surface area contributed by atoms with Crippen molar-refractivity contribution in [3.63, 3.8) is 0 Å². The van der Waals surface area contributed by atoms with E-state index in [4.69, 9.17) is 0 Å². The highest BCUT2D eigenvalue weighted by molar-refractivity contribution is 5.93. The van der Waals surface area contributed by atoms with Crippen LogP contribution >= 0.6 is 0 Å². The highest BCUT2D eigenvalue weighted by atomic mass is 16.2. The van der Waals surface area contributed by atoms with Crippen molar-refractivity contribution in [3.8, 4) is 0 Å². The highest BCUT2D eigenvalue weighted by Gasteiger charge is 2.21. The number of carbonyl (C=O) groups is 2. The van der Waals surface area contributed by atoms with E-state index in [0.717, 1.165) is 29.9 Å². The third kappa shape index (κ3) is 4.74. The maximum Gasteiger partial charge on any atom is 0.238 e. The summed E-state index contributed by atoms with van der Waals surface area (Å²) in [5.74, 6) is 0.300. The van der Waals surface area contributed by atoms with Crippen LogP contribution in [0, 0.1) is 0 Å². The lowest BCUT2D eigenvalue weighted by atomic mass is 9.97. The number of nitrogens with one attached hydrogen (secondary N) is 2. The van der Waals surface area contributed by atoms with Crippen LogP contribution in [-0.4, -0.2) is 29.8 Å². The number of nitrogens with zero attached hydrogens (tertiary/aromatic N) is 1. The van der Waals surface area contributed by atoms with Crippen molar-refractivity contribution in [1.82, 2.24) is 4.90 Å². The Kier molecular flexibility index (Phi) is 5.91. The predicted molar refractivity (Wildman–Crippen MR) is 109 cm³/mol. The molecule has 0 radical (unpaired) electrons. The van der Waals surface area contributed by atoms with Gasteiger partial charge in [0.2, 0.25) is 11.8 Å². The summed E-state index contributed by atoms with van der Waals surface area (Å²) in [5, 5.41) is 5.96. The maximum absolute atomic E-state index is 12.6. The summed E-state index contributed by atoms with van der Waals surface area (Å²) in [7, 11) is 0. The molecule has 0 aromatic heterocycles. The zero-order valence-corrected chi connectivity index (χ0v) is 16.2. The normalized spacial score (nSPS) is 13.9. The average molecular weight is 365 g/mol. The van der Waals surface area contributed by atoms with E-state index in [9.17, 15) is 9.59 Å². The topological polar surface area (TPSA) is 61.4 Å². The van der Waals surface area contributed by atoms with Gasteiger partial charge in [-0.15, -0.1) is 0 Å². The molecule has 2 amide bonds. The van der Waals surface area contributed by atoms with Crippen molar-refractivity contribution in [1.29, 1.82) is 0 Å². The number of hydrogen-bond donors (Lipinski definition) is 2. The third-order valence-corrected chi connectivity index (χ3v) is 4.88. The Hall–Kier alpha value is -2.66. The molecule has 5 nitrogen and oxygen atoms in total. The summed E-state index contributed by atoms with van der Waals surface area (Å²) in [4.78, 5) is 26.1. The van der Waals surface area contributed by atoms with Gasteiger partial charge in [0.1, 0.15) is 0 Å². The zero-order valence-electron chi connectivity index (χ0n) is 16.2. The average Bonchev–Trinajstić information content (AvgIpc) is 2.61. The molecule has 1 aliphatic heterocycles. The van der Waals surface area contributed by atoms with Gasteiger partial charge in [-0.05, 0) is 41.2 Å². The first-order valence-corrected chi connectivity index (χ1v) is 9.43. The minimum atomic E-state index is -0.0611. The van der Waals surface area contributed by atoms with Gasteiger partial charge in [0.05, 0.1) is 6.54 Å². The molecule has 1 aliphatic rings. The predicted octanol–water partition coefficient (Wildman–Crippen LogP) is 3.77. The number of hydrogen-bond acceptors (Lipinski definition) is 3. The van der Waals surface area contributed by atoms with Crippen LogP contribution in [-0.2, 0) is 22.6 Å². The van der Waals surface area contributed by atoms with E-state index >= 15 is 0 Å². The van der Waals surface area contributed by atoms with Gasteiger partial charge in [-0.3, -0.25) is 14.5 Å². The molecule has 0 atom stereocenters. The molecule has 0 unspecified atom stereocenters. The van der Waals surface area contributed by atoms with Crippen molar-refractivity contribution in [2.45, 2.75) is 39.7 Å². The molecule has 2 aromatic rings. The van der Waals surface area contributed by atoms with E-state index in [1.807, 2.05) is 30.3 Å². The van der Waals surface area contributed by atoms with Gasteiger partial charge < -0.3 is 10.6 Å². The van der Waals surface area contributed by atoms with Crippen LogP contribution in [0.4, 0.5) is 11.4 Å². The molecule has 142 valence electrons. The van der Waals surface area contributed by atoms with E-state index in [1.54, 1.807) is 0 Å². The minimum absolute atomic E-state index is 0.00423. The molecule has 5 heteroatoms. The standard InChI is InChI=1S/C22H27N3O2/c1-15(2)18-8-4-5-9-20(18)24-22(27)14-25-12-11-19-17(13-25)7-6-10-21(19)23-16(3)26/h4-10,15H,11-14H2,1-3H3,(H,23,26)(H,24,27). The zero-order chi connectivity index (χ0) is 19.4. The summed E-state index contributed by atoms with van der Waals surface area (Å²) in [5.41, 5.74) is 5.27. The molecule has 0 aliphatic carbocycles. The Morgan fingerprint density at radius 3 is 2.52 bits per heavy atom. The highest BCUT2D eigenvalue weighted by Crippen LogP contribution is 2.27. The SMILES string of the molecule is CC(=O)Nc1cccc2c1CCN(CC(=O)Nc1ccccc1C(C)C)C2. The van der Waals surface area contributed by atoms with Crippen LogP contribution < -0.4 is 10.6 Å². The number of amides is 2. The molecule has 0 fully saturated rings. The molecular weight excluding hydrogens is 338 g/mol. The molecule has 0 spiro atoms. The van der Waals surface area contributed by atoms with Gasteiger partial charge >= 0.3 is 0 Å². The number of rotatable bonds is 5. The van der Waals surface area contributed by atoms with Crippen LogP contribution in [0.25, 0.3) is 0 Å². The van der Waals surface area contributed by atoms with Crippen LogP contribution in [0.15, 0.2) is 42.5 Å². The molecule has 2 N–H and O–H groups in total. The van der Waals surface area contributed by atoms with Gasteiger partial charge in [0.25, 0.3) is 0 Å². The van der Waals surface area contributed by atoms with Crippen molar-refractivity contribution in [3.05, 3.63) is 59.2 Å². The quantitative estimate of drug-likeness (QED) is 0.848. The van der Waals surface area contributed by atoms with Crippen molar-refractivity contribution in [2.75, 3.05) is 23.7 Å². The second kappa shape index (κ2) is 8.35. The number of anilines is 2. The summed E-state index contributed by atoms with van der Waals surface area (Å²) in [6, 6.07) is 13.9. The second-order valence-electron chi connectivity index (χ2n) is 7.38. The fraction of sp³-hybridized carbons (Fsp3) is 0.364. The summed E-state index contributed by atoms with van der Waals surface area (Å²) >= 11 is 0. The van der Waals surface area contributed by atoms with Crippen molar-refractivity contribution >= 4 is 23.2 Å². The van der Waals surface area contributed by atoms with Gasteiger partial charge in [-0.25, -0.2) is 0 Å². The molecule has 2 aromatic carbocycles. The number of fused-ring (bicyclic) bond motifs is 1. The smallest absolute Gasteiger partial charge is 0.238 e. The first kappa shape index (κ1) is 19.1. The van der Waals surface area contributed by atoms with Gasteiger partial charge in [-0.1, -0.05) is 44.2 Å². The fourth-order valence-corrected chi connectivity index (χ4v) is 3.62. The first-order chi connectivity index (χ1) is 12.9. The van der Waals surface area contributed by atoms with E-state index in [2.05, 4.69) is 41.5 Å². The van der Waals surface area contributed by atoms with Gasteiger partial charge in [0.15, 0.2) is 0 Å². The van der Waals surface area contributed by atoms with Crippen LogP contribution in [0.5, 0.6) is 0 Å². The van der Waals surface area contributed by atoms with Crippen LogP contribution in [0.1, 0.15) is 43.4 Å². The molecule has 0 saturated carbocycles. The Labute approximate surface area is 160 Å². The summed E-state index contributed by atoms with van der Waals surface area (Å²) in [6.45, 7) is 7.63. The Balaban J connectivity index is 1.65. The van der Waals surface area contributed by atoms with E-state index < -0.39 is 0 Å². The second-order valence-corrected chi connectivity index (χ2v) is 7.38. The van der Waals surface area contributed by atoms with Crippen molar-refractivity contribution in [2.24, 2.45) is 0 Å². The van der Waals surface area contributed by atoms with Crippen LogP contribution in [0.3, 0.4) is 0 Å². The van der Waals surface area contributed by atoms with Gasteiger partial charge in [-0.2, -0.15) is 0 Å². The molecule has 3 rings (SSSR count). The Morgan fingerprint density at radius 1 is 1.04 bits per heavy atom. The fourth-order valence-electron chi connectivity index (χ4n) is 3.62. The summed E-state index contributed by atoms with van der Waals surface area (Å²) in [6.07, 6.45) is 0.821. The molecule has 1 heterocycles. The molecular formula is C22H27N3O2.